The van der Waals surface area contributed by atoms with E-state index < -0.39 is 0 Å². The van der Waals surface area contributed by atoms with E-state index in [2.05, 4.69) is 37.8 Å². The van der Waals surface area contributed by atoms with Gasteiger partial charge in [0.05, 0.1) is 20.3 Å². The van der Waals surface area contributed by atoms with Crippen molar-refractivity contribution in [2.75, 3.05) is 40.0 Å². The predicted molar refractivity (Wildman–Crippen MR) is 97.7 cm³/mol. The normalized spacial score (nSPS) is 16.7. The first-order valence-corrected chi connectivity index (χ1v) is 9.20. The molecule has 1 fully saturated rings. The first-order chi connectivity index (χ1) is 11.6. The summed E-state index contributed by atoms with van der Waals surface area (Å²) in [7, 11) is 1.73. The highest BCUT2D eigenvalue weighted by molar-refractivity contribution is 5.35. The van der Waals surface area contributed by atoms with Gasteiger partial charge in [-0.15, -0.1) is 0 Å². The number of aryl methyl sites for hydroxylation is 1. The molecule has 4 nitrogen and oxygen atoms in total. The number of hydrogen-bond acceptors (Lipinski definition) is 4. The van der Waals surface area contributed by atoms with Crippen LogP contribution in [-0.4, -0.2) is 50.6 Å². The molecule has 0 atom stereocenters. The van der Waals surface area contributed by atoms with Gasteiger partial charge in [-0.1, -0.05) is 13.0 Å². The van der Waals surface area contributed by atoms with Crippen molar-refractivity contribution < 1.29 is 14.2 Å². The standard InChI is InChI=1S/C20H33NO3/c1-5-21(12-7-6-11-20(3)23-14-15-24-20)13-10-18-16-19(22-4)9-8-17(18)2/h8-9,16H,5-7,10-15H2,1-4H3. The van der Waals surface area contributed by atoms with Crippen LogP contribution in [0.2, 0.25) is 0 Å². The summed E-state index contributed by atoms with van der Waals surface area (Å²) in [5.74, 6) is 0.609. The zero-order valence-corrected chi connectivity index (χ0v) is 15.8. The second-order valence-corrected chi connectivity index (χ2v) is 6.76. The molecule has 24 heavy (non-hydrogen) atoms. The monoisotopic (exact) mass is 335 g/mol. The zero-order valence-electron chi connectivity index (χ0n) is 15.8. The van der Waals surface area contributed by atoms with Gasteiger partial charge in [-0.05, 0) is 69.5 Å². The topological polar surface area (TPSA) is 30.9 Å². The fourth-order valence-electron chi connectivity index (χ4n) is 3.23. The van der Waals surface area contributed by atoms with E-state index >= 15 is 0 Å². The van der Waals surface area contributed by atoms with Gasteiger partial charge < -0.3 is 19.1 Å². The highest BCUT2D eigenvalue weighted by Crippen LogP contribution is 2.24. The van der Waals surface area contributed by atoms with Crippen molar-refractivity contribution in [3.63, 3.8) is 0 Å². The van der Waals surface area contributed by atoms with Crippen molar-refractivity contribution in [1.82, 2.24) is 4.90 Å². The van der Waals surface area contributed by atoms with Crippen LogP contribution in [0.1, 0.15) is 44.2 Å². The zero-order chi connectivity index (χ0) is 17.4. The van der Waals surface area contributed by atoms with E-state index in [0.717, 1.165) is 57.9 Å². The van der Waals surface area contributed by atoms with Gasteiger partial charge in [0.1, 0.15) is 5.75 Å². The largest absolute Gasteiger partial charge is 0.497 e. The molecule has 1 heterocycles. The quantitative estimate of drug-likeness (QED) is 0.609. The summed E-state index contributed by atoms with van der Waals surface area (Å²) >= 11 is 0. The molecule has 136 valence electrons. The molecule has 1 aliphatic rings. The van der Waals surface area contributed by atoms with Crippen molar-refractivity contribution in [2.24, 2.45) is 0 Å². The van der Waals surface area contributed by atoms with Crippen LogP contribution in [0.5, 0.6) is 5.75 Å². The number of nitrogens with zero attached hydrogens (tertiary/aromatic N) is 1. The number of unbranched alkanes of at least 4 members (excludes halogenated alkanes) is 1. The lowest BCUT2D eigenvalue weighted by molar-refractivity contribution is -0.147. The first kappa shape index (κ1) is 19.2. The fraction of sp³-hybridized carbons (Fsp3) is 0.700. The molecule has 0 aliphatic carbocycles. The van der Waals surface area contributed by atoms with E-state index in [1.165, 1.54) is 17.5 Å². The van der Waals surface area contributed by atoms with E-state index in [1.807, 2.05) is 6.07 Å². The van der Waals surface area contributed by atoms with Crippen LogP contribution in [0.4, 0.5) is 0 Å². The predicted octanol–water partition coefficient (Wildman–Crippen LogP) is 3.80. The SMILES string of the molecule is CCN(CCCCC1(C)OCCO1)CCc1cc(OC)ccc1C. The number of hydrogen-bond donors (Lipinski definition) is 0. The Kier molecular flexibility index (Phi) is 7.53. The Morgan fingerprint density at radius 3 is 2.58 bits per heavy atom. The highest BCUT2D eigenvalue weighted by atomic mass is 16.7. The molecule has 0 bridgehead atoms. The molecule has 0 amide bonds. The third-order valence-electron chi connectivity index (χ3n) is 4.95. The van der Waals surface area contributed by atoms with Crippen molar-refractivity contribution in [3.05, 3.63) is 29.3 Å². The molecule has 0 unspecified atom stereocenters. The molecular formula is C20H33NO3. The van der Waals surface area contributed by atoms with Crippen LogP contribution >= 0.6 is 0 Å². The Balaban J connectivity index is 1.72. The molecule has 4 heteroatoms. The summed E-state index contributed by atoms with van der Waals surface area (Å²) in [6.45, 7) is 11.3. The minimum Gasteiger partial charge on any atom is -0.497 e. The van der Waals surface area contributed by atoms with Gasteiger partial charge in [0, 0.05) is 13.0 Å². The Morgan fingerprint density at radius 2 is 1.92 bits per heavy atom. The molecule has 0 saturated carbocycles. The lowest BCUT2D eigenvalue weighted by atomic mass is 10.0. The summed E-state index contributed by atoms with van der Waals surface area (Å²) in [6, 6.07) is 6.34. The van der Waals surface area contributed by atoms with Gasteiger partial charge in [-0.25, -0.2) is 0 Å². The van der Waals surface area contributed by atoms with E-state index in [0.29, 0.717) is 0 Å². The molecule has 1 aliphatic heterocycles. The fourth-order valence-corrected chi connectivity index (χ4v) is 3.23. The summed E-state index contributed by atoms with van der Waals surface area (Å²) in [4.78, 5) is 2.53. The molecule has 0 N–H and O–H groups in total. The Labute approximate surface area is 147 Å². The molecule has 0 spiro atoms. The van der Waals surface area contributed by atoms with Gasteiger partial charge in [-0.2, -0.15) is 0 Å². The molecule has 2 rings (SSSR count). The minimum absolute atomic E-state index is 0.339. The molecular weight excluding hydrogens is 302 g/mol. The molecule has 0 aromatic heterocycles. The van der Waals surface area contributed by atoms with E-state index in [1.54, 1.807) is 7.11 Å². The van der Waals surface area contributed by atoms with Crippen molar-refractivity contribution in [3.8, 4) is 5.75 Å². The van der Waals surface area contributed by atoms with Crippen LogP contribution in [0, 0.1) is 6.92 Å². The summed E-state index contributed by atoms with van der Waals surface area (Å²) in [5, 5.41) is 0. The lowest BCUT2D eigenvalue weighted by Crippen LogP contribution is -2.28. The van der Waals surface area contributed by atoms with E-state index in [-0.39, 0.29) is 5.79 Å². The van der Waals surface area contributed by atoms with Gasteiger partial charge in [0.15, 0.2) is 5.79 Å². The molecule has 0 radical (unpaired) electrons. The maximum Gasteiger partial charge on any atom is 0.165 e. The number of ether oxygens (including phenoxy) is 3. The van der Waals surface area contributed by atoms with Crippen LogP contribution < -0.4 is 4.74 Å². The van der Waals surface area contributed by atoms with Crippen LogP contribution in [-0.2, 0) is 15.9 Å². The Morgan fingerprint density at radius 1 is 1.17 bits per heavy atom. The number of likely N-dealkylation sites (N-methyl/N-ethyl adjacent to an activating group) is 1. The van der Waals surface area contributed by atoms with Crippen molar-refractivity contribution in [2.45, 2.75) is 52.2 Å². The Hall–Kier alpha value is -1.10. The second kappa shape index (κ2) is 9.40. The third kappa shape index (κ3) is 5.76. The average Bonchev–Trinajstić information content (AvgIpc) is 3.02. The van der Waals surface area contributed by atoms with Crippen molar-refractivity contribution in [1.29, 1.82) is 0 Å². The Bertz CT molecular complexity index is 498. The van der Waals surface area contributed by atoms with Crippen molar-refractivity contribution >= 4 is 0 Å². The van der Waals surface area contributed by atoms with Gasteiger partial charge in [0.2, 0.25) is 0 Å². The number of benzene rings is 1. The molecule has 1 aromatic carbocycles. The lowest BCUT2D eigenvalue weighted by Gasteiger charge is -2.24. The minimum atomic E-state index is -0.339. The maximum absolute atomic E-state index is 5.67. The number of methoxy groups -OCH3 is 1. The van der Waals surface area contributed by atoms with Crippen LogP contribution in [0.25, 0.3) is 0 Å². The van der Waals surface area contributed by atoms with Crippen LogP contribution in [0.15, 0.2) is 18.2 Å². The number of rotatable bonds is 10. The highest BCUT2D eigenvalue weighted by Gasteiger charge is 2.29. The third-order valence-corrected chi connectivity index (χ3v) is 4.95. The second-order valence-electron chi connectivity index (χ2n) is 6.76. The smallest absolute Gasteiger partial charge is 0.165 e. The van der Waals surface area contributed by atoms with Gasteiger partial charge >= 0.3 is 0 Å². The van der Waals surface area contributed by atoms with E-state index in [4.69, 9.17) is 14.2 Å². The summed E-state index contributed by atoms with van der Waals surface area (Å²) in [6.07, 6.45) is 4.39. The summed E-state index contributed by atoms with van der Waals surface area (Å²) < 4.78 is 16.7. The molecule has 1 aromatic rings. The van der Waals surface area contributed by atoms with Crippen LogP contribution in [0.3, 0.4) is 0 Å². The molecule has 1 saturated heterocycles. The average molecular weight is 335 g/mol. The van der Waals surface area contributed by atoms with Gasteiger partial charge in [-0.3, -0.25) is 0 Å². The first-order valence-electron chi connectivity index (χ1n) is 9.20. The maximum atomic E-state index is 5.67. The van der Waals surface area contributed by atoms with E-state index in [9.17, 15) is 0 Å². The van der Waals surface area contributed by atoms with Gasteiger partial charge in [0.25, 0.3) is 0 Å². The summed E-state index contributed by atoms with van der Waals surface area (Å²) in [5.41, 5.74) is 2.73.